The summed E-state index contributed by atoms with van der Waals surface area (Å²) < 4.78 is 5.45. The van der Waals surface area contributed by atoms with Gasteiger partial charge in [0, 0.05) is 31.9 Å². The highest BCUT2D eigenvalue weighted by Crippen LogP contribution is 2.19. The SMILES string of the molecule is CCCCOCCCNC(=O)CC(C)c1ccc(N)cc1. The highest BCUT2D eigenvalue weighted by atomic mass is 16.5. The largest absolute Gasteiger partial charge is 0.399 e. The summed E-state index contributed by atoms with van der Waals surface area (Å²) in [6.07, 6.45) is 3.62. The zero-order chi connectivity index (χ0) is 15.5. The minimum atomic E-state index is 0.0906. The van der Waals surface area contributed by atoms with Crippen LogP contribution in [0.25, 0.3) is 0 Å². The first-order valence-corrected chi connectivity index (χ1v) is 7.83. The third-order valence-electron chi connectivity index (χ3n) is 3.43. The van der Waals surface area contributed by atoms with Crippen molar-refractivity contribution < 1.29 is 9.53 Å². The number of carbonyl (C=O) groups excluding carboxylic acids is 1. The molecular formula is C17H28N2O2. The van der Waals surface area contributed by atoms with Crippen LogP contribution in [0.2, 0.25) is 0 Å². The van der Waals surface area contributed by atoms with Crippen molar-refractivity contribution >= 4 is 11.6 Å². The monoisotopic (exact) mass is 292 g/mol. The van der Waals surface area contributed by atoms with Crippen LogP contribution in [0.1, 0.15) is 51.0 Å². The average molecular weight is 292 g/mol. The van der Waals surface area contributed by atoms with Gasteiger partial charge in [-0.15, -0.1) is 0 Å². The van der Waals surface area contributed by atoms with Crippen LogP contribution in [0.3, 0.4) is 0 Å². The molecule has 1 rings (SSSR count). The van der Waals surface area contributed by atoms with Gasteiger partial charge < -0.3 is 15.8 Å². The number of hydrogen-bond donors (Lipinski definition) is 2. The Bertz CT molecular complexity index is 404. The molecule has 0 radical (unpaired) electrons. The molecule has 0 aromatic heterocycles. The van der Waals surface area contributed by atoms with Crippen molar-refractivity contribution in [3.63, 3.8) is 0 Å². The predicted octanol–water partition coefficient (Wildman–Crippen LogP) is 3.09. The Morgan fingerprint density at radius 1 is 1.24 bits per heavy atom. The quantitative estimate of drug-likeness (QED) is 0.514. The molecule has 3 N–H and O–H groups in total. The average Bonchev–Trinajstić information content (AvgIpc) is 2.47. The zero-order valence-corrected chi connectivity index (χ0v) is 13.2. The van der Waals surface area contributed by atoms with Crippen LogP contribution >= 0.6 is 0 Å². The first kappa shape index (κ1) is 17.5. The lowest BCUT2D eigenvalue weighted by molar-refractivity contribution is -0.121. The number of unbranched alkanes of at least 4 members (excludes halogenated alkanes) is 1. The van der Waals surface area contributed by atoms with Crippen molar-refractivity contribution in [3.05, 3.63) is 29.8 Å². The van der Waals surface area contributed by atoms with E-state index < -0.39 is 0 Å². The second-order valence-corrected chi connectivity index (χ2v) is 5.44. The molecule has 1 unspecified atom stereocenters. The molecule has 0 aliphatic heterocycles. The first-order valence-electron chi connectivity index (χ1n) is 7.83. The van der Waals surface area contributed by atoms with Crippen molar-refractivity contribution in [1.82, 2.24) is 5.32 Å². The summed E-state index contributed by atoms with van der Waals surface area (Å²) in [6.45, 7) is 6.41. The van der Waals surface area contributed by atoms with Crippen molar-refractivity contribution in [2.24, 2.45) is 0 Å². The molecule has 0 aliphatic rings. The topological polar surface area (TPSA) is 64.3 Å². The molecule has 0 bridgehead atoms. The molecule has 1 amide bonds. The van der Waals surface area contributed by atoms with E-state index in [-0.39, 0.29) is 11.8 Å². The van der Waals surface area contributed by atoms with Gasteiger partial charge in [-0.2, -0.15) is 0 Å². The Balaban J connectivity index is 2.14. The summed E-state index contributed by atoms with van der Waals surface area (Å²) in [7, 11) is 0. The number of nitrogens with one attached hydrogen (secondary N) is 1. The van der Waals surface area contributed by atoms with Gasteiger partial charge in [0.15, 0.2) is 0 Å². The highest BCUT2D eigenvalue weighted by molar-refractivity contribution is 5.76. The van der Waals surface area contributed by atoms with Gasteiger partial charge in [0.1, 0.15) is 0 Å². The molecule has 0 saturated heterocycles. The molecule has 118 valence electrons. The molecule has 0 spiro atoms. The number of anilines is 1. The molecule has 0 fully saturated rings. The van der Waals surface area contributed by atoms with Gasteiger partial charge in [0.2, 0.25) is 5.91 Å². The van der Waals surface area contributed by atoms with E-state index in [0.29, 0.717) is 19.6 Å². The molecule has 0 saturated carbocycles. The van der Waals surface area contributed by atoms with Gasteiger partial charge in [-0.1, -0.05) is 32.4 Å². The number of carbonyl (C=O) groups is 1. The third-order valence-corrected chi connectivity index (χ3v) is 3.43. The Kier molecular flexibility index (Phi) is 8.51. The Hall–Kier alpha value is -1.55. The molecule has 21 heavy (non-hydrogen) atoms. The maximum Gasteiger partial charge on any atom is 0.220 e. The van der Waals surface area contributed by atoms with Crippen LogP contribution in [0.15, 0.2) is 24.3 Å². The van der Waals surface area contributed by atoms with E-state index in [1.165, 1.54) is 0 Å². The maximum absolute atomic E-state index is 11.9. The van der Waals surface area contributed by atoms with E-state index >= 15 is 0 Å². The summed E-state index contributed by atoms with van der Waals surface area (Å²) >= 11 is 0. The molecule has 0 aliphatic carbocycles. The highest BCUT2D eigenvalue weighted by Gasteiger charge is 2.10. The predicted molar refractivity (Wildman–Crippen MR) is 87.2 cm³/mol. The zero-order valence-electron chi connectivity index (χ0n) is 13.2. The number of benzene rings is 1. The van der Waals surface area contributed by atoms with Gasteiger partial charge >= 0.3 is 0 Å². The lowest BCUT2D eigenvalue weighted by Crippen LogP contribution is -2.26. The van der Waals surface area contributed by atoms with E-state index in [2.05, 4.69) is 19.2 Å². The van der Waals surface area contributed by atoms with Gasteiger partial charge in [0.25, 0.3) is 0 Å². The molecule has 0 heterocycles. The molecule has 1 aromatic carbocycles. The molecule has 4 nitrogen and oxygen atoms in total. The van der Waals surface area contributed by atoms with Crippen LogP contribution in [0.4, 0.5) is 5.69 Å². The van der Waals surface area contributed by atoms with E-state index in [4.69, 9.17) is 10.5 Å². The summed E-state index contributed by atoms with van der Waals surface area (Å²) in [6, 6.07) is 7.71. The van der Waals surface area contributed by atoms with Gasteiger partial charge in [-0.25, -0.2) is 0 Å². The molecule has 4 heteroatoms. The molecule has 1 atom stereocenters. The summed E-state index contributed by atoms with van der Waals surface area (Å²) in [4.78, 5) is 11.9. The third kappa shape index (κ3) is 7.71. The number of nitrogen functional groups attached to an aromatic ring is 1. The van der Waals surface area contributed by atoms with E-state index in [9.17, 15) is 4.79 Å². The van der Waals surface area contributed by atoms with Gasteiger partial charge in [-0.3, -0.25) is 4.79 Å². The second-order valence-electron chi connectivity index (χ2n) is 5.44. The fourth-order valence-electron chi connectivity index (χ4n) is 2.04. The number of rotatable bonds is 10. The Morgan fingerprint density at radius 3 is 2.57 bits per heavy atom. The molecule has 1 aromatic rings. The fraction of sp³-hybridized carbons (Fsp3) is 0.588. The van der Waals surface area contributed by atoms with Crippen molar-refractivity contribution in [3.8, 4) is 0 Å². The van der Waals surface area contributed by atoms with Crippen molar-refractivity contribution in [2.45, 2.75) is 45.4 Å². The molecular weight excluding hydrogens is 264 g/mol. The van der Waals surface area contributed by atoms with E-state index in [0.717, 1.165) is 37.1 Å². The first-order chi connectivity index (χ1) is 10.1. The van der Waals surface area contributed by atoms with Crippen molar-refractivity contribution in [2.75, 3.05) is 25.5 Å². The summed E-state index contributed by atoms with van der Waals surface area (Å²) in [5.74, 6) is 0.291. The lowest BCUT2D eigenvalue weighted by Gasteiger charge is -2.12. The number of hydrogen-bond acceptors (Lipinski definition) is 3. The van der Waals surface area contributed by atoms with Crippen LogP contribution in [0.5, 0.6) is 0 Å². The number of amides is 1. The van der Waals surface area contributed by atoms with E-state index in [1.807, 2.05) is 24.3 Å². The van der Waals surface area contributed by atoms with Crippen LogP contribution in [-0.4, -0.2) is 25.7 Å². The standard InChI is InChI=1S/C17H28N2O2/c1-3-4-11-21-12-5-10-19-17(20)13-14(2)15-6-8-16(18)9-7-15/h6-9,14H,3-5,10-13,18H2,1-2H3,(H,19,20). The van der Waals surface area contributed by atoms with Crippen LogP contribution in [-0.2, 0) is 9.53 Å². The number of nitrogens with two attached hydrogens (primary N) is 1. The number of ether oxygens (including phenoxy) is 1. The summed E-state index contributed by atoms with van der Waals surface area (Å²) in [5.41, 5.74) is 7.55. The van der Waals surface area contributed by atoms with Gasteiger partial charge in [-0.05, 0) is 36.5 Å². The Morgan fingerprint density at radius 2 is 1.90 bits per heavy atom. The minimum absolute atomic E-state index is 0.0906. The van der Waals surface area contributed by atoms with Crippen LogP contribution < -0.4 is 11.1 Å². The van der Waals surface area contributed by atoms with Crippen LogP contribution in [0, 0.1) is 0 Å². The minimum Gasteiger partial charge on any atom is -0.399 e. The van der Waals surface area contributed by atoms with E-state index in [1.54, 1.807) is 0 Å². The smallest absolute Gasteiger partial charge is 0.220 e. The second kappa shape index (κ2) is 10.2. The van der Waals surface area contributed by atoms with Crippen molar-refractivity contribution in [1.29, 1.82) is 0 Å². The lowest BCUT2D eigenvalue weighted by atomic mass is 9.97. The normalized spacial score (nSPS) is 12.1. The Labute approximate surface area is 128 Å². The van der Waals surface area contributed by atoms with Gasteiger partial charge in [0.05, 0.1) is 0 Å². The maximum atomic E-state index is 11.9. The fourth-order valence-corrected chi connectivity index (χ4v) is 2.04. The summed E-state index contributed by atoms with van der Waals surface area (Å²) in [5, 5.41) is 2.94.